The molecule has 6 aromatic carbocycles. The van der Waals surface area contributed by atoms with E-state index < -0.39 is 17.9 Å². The number of hydrogen-bond acceptors (Lipinski definition) is 11. The van der Waals surface area contributed by atoms with Crippen molar-refractivity contribution in [2.45, 2.75) is 73.1 Å². The Balaban J connectivity index is 0.000000257. The molecule has 13 heteroatoms. The Morgan fingerprint density at radius 3 is 1.32 bits per heavy atom. The quantitative estimate of drug-likeness (QED) is 0.0495. The van der Waals surface area contributed by atoms with Gasteiger partial charge in [0.1, 0.15) is 34.6 Å². The molecule has 0 aliphatic rings. The van der Waals surface area contributed by atoms with Gasteiger partial charge in [-0.05, 0) is 127 Å². The van der Waals surface area contributed by atoms with E-state index in [9.17, 15) is 19.2 Å². The molecule has 0 radical (unpaired) electrons. The molecule has 0 saturated carbocycles. The number of nitrogens with zero attached hydrogens (tertiary/aromatic N) is 2. The lowest BCUT2D eigenvalue weighted by Gasteiger charge is -2.15. The zero-order valence-corrected chi connectivity index (χ0v) is 43.1. The van der Waals surface area contributed by atoms with E-state index in [0.29, 0.717) is 42.3 Å². The van der Waals surface area contributed by atoms with Gasteiger partial charge in [0, 0.05) is 60.9 Å². The van der Waals surface area contributed by atoms with E-state index in [1.807, 2.05) is 132 Å². The van der Waals surface area contributed by atoms with Gasteiger partial charge < -0.3 is 24.7 Å². The lowest BCUT2D eigenvalue weighted by Crippen LogP contribution is -2.23. The standard InChI is InChI=1S/C30H29NO4.C29H28N2O4.CH2Cl2.CH4/c1-4-27(28(32)17-22-6-7-25-18-31-14-13-24(25)16-22)23-8-10-26(11-9-23)34-19-30(33)35-29-12-5-20(2)15-21(29)3;1-19-3-10-28(20(2)13-19)35-29(33)18-34-25-8-6-22(7-9-25)26(16-30)27(32)15-21-4-5-24-17-31-12-11-23(24)14-21;2-1-3;/h5-16,18,27H,4,17,19H2,1-3H3;3-14,17,26H,15-16,18,30H2,1-2H3;1H2;1H4. The second-order valence-electron chi connectivity index (χ2n) is 17.5. The van der Waals surface area contributed by atoms with Crippen LogP contribution in [0.1, 0.15) is 77.1 Å². The maximum absolute atomic E-state index is 13.1. The molecular formula is C61H63Cl2N3O8. The number of carbonyl (C=O) groups excluding carboxylic acids is 4. The number of pyridine rings is 2. The predicted octanol–water partition coefficient (Wildman–Crippen LogP) is 12.9. The van der Waals surface area contributed by atoms with E-state index in [0.717, 1.165) is 66.1 Å². The third kappa shape index (κ3) is 16.8. The summed E-state index contributed by atoms with van der Waals surface area (Å²) >= 11 is 9.53. The molecule has 0 bridgehead atoms. The molecule has 2 aromatic heterocycles. The molecular weight excluding hydrogens is 974 g/mol. The van der Waals surface area contributed by atoms with Gasteiger partial charge in [-0.15, -0.1) is 23.2 Å². The van der Waals surface area contributed by atoms with Crippen molar-refractivity contribution in [2.24, 2.45) is 5.73 Å². The van der Waals surface area contributed by atoms with Gasteiger partial charge in [0.2, 0.25) is 0 Å². The molecule has 8 rings (SSSR count). The minimum Gasteiger partial charge on any atom is -0.482 e. The molecule has 0 saturated heterocycles. The summed E-state index contributed by atoms with van der Waals surface area (Å²) in [6.07, 6.45) is 8.50. The third-order valence-electron chi connectivity index (χ3n) is 12.0. The van der Waals surface area contributed by atoms with Gasteiger partial charge in [-0.3, -0.25) is 19.6 Å². The Bertz CT molecular complexity index is 2940. The van der Waals surface area contributed by atoms with E-state index in [-0.39, 0.29) is 50.0 Å². The van der Waals surface area contributed by atoms with Crippen molar-refractivity contribution < 1.29 is 38.1 Å². The van der Waals surface area contributed by atoms with Crippen molar-refractivity contribution in [2.75, 3.05) is 25.1 Å². The van der Waals surface area contributed by atoms with Crippen molar-refractivity contribution in [1.82, 2.24) is 9.97 Å². The van der Waals surface area contributed by atoms with Gasteiger partial charge >= 0.3 is 11.9 Å². The number of aryl methyl sites for hydroxylation is 4. The zero-order valence-electron chi connectivity index (χ0n) is 41.6. The highest BCUT2D eigenvalue weighted by molar-refractivity contribution is 6.40. The molecule has 2 atom stereocenters. The van der Waals surface area contributed by atoms with Crippen LogP contribution in [-0.2, 0) is 32.0 Å². The summed E-state index contributed by atoms with van der Waals surface area (Å²) in [5.41, 5.74) is 13.6. The van der Waals surface area contributed by atoms with Gasteiger partial charge in [0.25, 0.3) is 0 Å². The van der Waals surface area contributed by atoms with E-state index in [2.05, 4.69) is 16.0 Å². The average molecular weight is 1040 g/mol. The number of hydrogen-bond donors (Lipinski definition) is 1. The number of ketones is 2. The van der Waals surface area contributed by atoms with E-state index in [1.54, 1.807) is 55.0 Å². The third-order valence-corrected chi connectivity index (χ3v) is 12.0. The lowest BCUT2D eigenvalue weighted by atomic mass is 9.88. The lowest BCUT2D eigenvalue weighted by molar-refractivity contribution is -0.137. The summed E-state index contributed by atoms with van der Waals surface area (Å²) in [4.78, 5) is 58.7. The van der Waals surface area contributed by atoms with Crippen LogP contribution in [0.3, 0.4) is 0 Å². The first-order valence-corrected chi connectivity index (χ1v) is 24.9. The van der Waals surface area contributed by atoms with Crippen LogP contribution < -0.4 is 24.7 Å². The fourth-order valence-electron chi connectivity index (χ4n) is 8.25. The maximum Gasteiger partial charge on any atom is 0.349 e. The highest BCUT2D eigenvalue weighted by Gasteiger charge is 2.21. The SMILES string of the molecule is C.CCC(C(=O)Cc1ccc2cnccc2c1)c1ccc(OCC(=O)Oc2ccc(C)cc2C)cc1.Cc1ccc(OC(=O)COc2ccc(C(CN)C(=O)Cc3ccc4cnccc4c3)cc2)c(C)c1.ClCCl. The number of benzene rings is 6. The normalized spacial score (nSPS) is 11.4. The number of alkyl halides is 2. The summed E-state index contributed by atoms with van der Waals surface area (Å²) in [7, 11) is 0. The van der Waals surface area contributed by atoms with Crippen LogP contribution >= 0.6 is 23.2 Å². The number of ether oxygens (including phenoxy) is 4. The van der Waals surface area contributed by atoms with Crippen molar-refractivity contribution in [3.8, 4) is 23.0 Å². The molecule has 2 heterocycles. The molecule has 74 heavy (non-hydrogen) atoms. The Labute approximate surface area is 444 Å². The minimum atomic E-state index is -0.484. The van der Waals surface area contributed by atoms with Crippen molar-refractivity contribution in [3.63, 3.8) is 0 Å². The monoisotopic (exact) mass is 1040 g/mol. The van der Waals surface area contributed by atoms with Crippen LogP contribution in [0, 0.1) is 27.7 Å². The molecule has 384 valence electrons. The van der Waals surface area contributed by atoms with Crippen molar-refractivity contribution in [1.29, 1.82) is 0 Å². The summed E-state index contributed by atoms with van der Waals surface area (Å²) in [5, 5.41) is 4.42. The highest BCUT2D eigenvalue weighted by Crippen LogP contribution is 2.27. The number of halogens is 2. The van der Waals surface area contributed by atoms with Gasteiger partial charge in [0.05, 0.1) is 11.3 Å². The predicted molar refractivity (Wildman–Crippen MR) is 296 cm³/mol. The van der Waals surface area contributed by atoms with Gasteiger partial charge in [-0.2, -0.15) is 0 Å². The van der Waals surface area contributed by atoms with Crippen molar-refractivity contribution >= 4 is 68.3 Å². The zero-order chi connectivity index (χ0) is 52.3. The number of fused-ring (bicyclic) bond motifs is 2. The smallest absolute Gasteiger partial charge is 0.349 e. The highest BCUT2D eigenvalue weighted by atomic mass is 35.5. The number of Topliss-reactive ketones (excluding diaryl/α,β-unsaturated/α-hetero) is 2. The van der Waals surface area contributed by atoms with E-state index in [1.165, 1.54) is 0 Å². The largest absolute Gasteiger partial charge is 0.482 e. The summed E-state index contributed by atoms with van der Waals surface area (Å²) in [6, 6.07) is 41.6. The molecule has 2 unspecified atom stereocenters. The van der Waals surface area contributed by atoms with E-state index in [4.69, 9.17) is 47.9 Å². The van der Waals surface area contributed by atoms with Crippen LogP contribution in [0.4, 0.5) is 0 Å². The number of nitrogens with two attached hydrogens (primary N) is 1. The fraction of sp³-hybridized carbons (Fsp3) is 0.246. The number of aromatic nitrogens is 2. The van der Waals surface area contributed by atoms with Gasteiger partial charge in [-0.25, -0.2) is 9.59 Å². The first kappa shape index (κ1) is 57.5. The van der Waals surface area contributed by atoms with Crippen LogP contribution in [0.2, 0.25) is 0 Å². The molecule has 8 aromatic rings. The number of esters is 2. The minimum absolute atomic E-state index is 0. The fourth-order valence-corrected chi connectivity index (χ4v) is 8.25. The first-order valence-electron chi connectivity index (χ1n) is 23.8. The molecule has 0 fully saturated rings. The topological polar surface area (TPSA) is 157 Å². The molecule has 2 N–H and O–H groups in total. The van der Waals surface area contributed by atoms with Crippen LogP contribution in [-0.4, -0.2) is 58.6 Å². The molecule has 0 spiro atoms. The maximum atomic E-state index is 13.1. The second-order valence-corrected chi connectivity index (χ2v) is 18.3. The Morgan fingerprint density at radius 1 is 0.527 bits per heavy atom. The molecule has 11 nitrogen and oxygen atoms in total. The Kier molecular flexibility index (Phi) is 22.3. The van der Waals surface area contributed by atoms with E-state index >= 15 is 0 Å². The van der Waals surface area contributed by atoms with Gasteiger partial charge in [-0.1, -0.05) is 110 Å². The molecule has 0 aliphatic carbocycles. The molecule has 0 aliphatic heterocycles. The van der Waals surface area contributed by atoms with Crippen LogP contribution in [0.5, 0.6) is 23.0 Å². The Hall–Kier alpha value is -7.44. The summed E-state index contributed by atoms with van der Waals surface area (Å²) < 4.78 is 22.0. The number of carbonyl (C=O) groups is 4. The Morgan fingerprint density at radius 2 is 0.932 bits per heavy atom. The number of rotatable bonds is 18. The second kappa shape index (κ2) is 28.7. The first-order chi connectivity index (χ1) is 35.3. The summed E-state index contributed by atoms with van der Waals surface area (Å²) in [5.74, 6) is 0.765. The van der Waals surface area contributed by atoms with Crippen LogP contribution in [0.25, 0.3) is 21.5 Å². The summed E-state index contributed by atoms with van der Waals surface area (Å²) in [6.45, 7) is 9.57. The van der Waals surface area contributed by atoms with Gasteiger partial charge in [0.15, 0.2) is 13.2 Å². The van der Waals surface area contributed by atoms with Crippen molar-refractivity contribution in [3.05, 3.63) is 203 Å². The van der Waals surface area contributed by atoms with Crippen LogP contribution in [0.15, 0.2) is 158 Å². The average Bonchev–Trinajstić information content (AvgIpc) is 3.38. The molecule has 0 amide bonds.